The van der Waals surface area contributed by atoms with E-state index < -0.39 is 5.97 Å². The molecule has 0 heterocycles. The van der Waals surface area contributed by atoms with Crippen LogP contribution in [-0.2, 0) is 4.74 Å². The van der Waals surface area contributed by atoms with Gasteiger partial charge in [0.15, 0.2) is 0 Å². The Morgan fingerprint density at radius 3 is 2.12 bits per heavy atom. The maximum Gasteiger partial charge on any atom is 0.337 e. The summed E-state index contributed by atoms with van der Waals surface area (Å²) in [6.07, 6.45) is 0. The molecule has 0 radical (unpaired) electrons. The second kappa shape index (κ2) is 7.97. The van der Waals surface area contributed by atoms with E-state index in [2.05, 4.69) is 16.6 Å². The zero-order valence-corrected chi connectivity index (χ0v) is 13.7. The summed E-state index contributed by atoms with van der Waals surface area (Å²) in [6.45, 7) is 6.12. The molecule has 0 saturated heterocycles. The molecule has 0 bridgehead atoms. The smallest absolute Gasteiger partial charge is 0.337 e. The van der Waals surface area contributed by atoms with Crippen molar-refractivity contribution in [3.05, 3.63) is 71.8 Å². The van der Waals surface area contributed by atoms with Crippen LogP contribution in [0.1, 0.15) is 27.6 Å². The molecular weight excluding hydrogens is 306 g/mol. The van der Waals surface area contributed by atoms with Crippen molar-refractivity contribution in [1.29, 1.82) is 0 Å². The van der Waals surface area contributed by atoms with Crippen molar-refractivity contribution in [3.8, 4) is 5.75 Å². The predicted octanol–water partition coefficient (Wildman–Crippen LogP) is 3.68. The van der Waals surface area contributed by atoms with E-state index >= 15 is 0 Å². The minimum atomic E-state index is -0.438. The van der Waals surface area contributed by atoms with Crippen LogP contribution in [-0.4, -0.2) is 25.6 Å². The Kier molecular flexibility index (Phi) is 5.73. The average molecular weight is 325 g/mol. The summed E-state index contributed by atoms with van der Waals surface area (Å²) < 4.78 is 10.1. The van der Waals surface area contributed by atoms with Crippen LogP contribution in [0.2, 0.25) is 0 Å². The van der Waals surface area contributed by atoms with E-state index in [1.807, 2.05) is 6.92 Å². The number of hydrogen-bond donors (Lipinski definition) is 1. The SMILES string of the molecule is C=C(C)COc1ccc(NC(=O)c2ccc(C(=O)OC)cc2)cc1. The number of carbonyl (C=O) groups excluding carboxylic acids is 2. The van der Waals surface area contributed by atoms with Crippen LogP contribution in [0.25, 0.3) is 0 Å². The van der Waals surface area contributed by atoms with Gasteiger partial charge in [-0.1, -0.05) is 6.58 Å². The first-order chi connectivity index (χ1) is 11.5. The quantitative estimate of drug-likeness (QED) is 0.650. The summed E-state index contributed by atoms with van der Waals surface area (Å²) in [5.74, 6) is 0.00718. The maximum atomic E-state index is 12.2. The molecular formula is C19H19NO4. The third kappa shape index (κ3) is 4.71. The fourth-order valence-electron chi connectivity index (χ4n) is 1.92. The number of ether oxygens (including phenoxy) is 2. The van der Waals surface area contributed by atoms with Gasteiger partial charge in [-0.25, -0.2) is 4.79 Å². The van der Waals surface area contributed by atoms with Crippen LogP contribution in [0.4, 0.5) is 5.69 Å². The van der Waals surface area contributed by atoms with Gasteiger partial charge in [0.2, 0.25) is 0 Å². The van der Waals surface area contributed by atoms with Crippen LogP contribution < -0.4 is 10.1 Å². The van der Waals surface area contributed by atoms with Gasteiger partial charge in [-0.15, -0.1) is 0 Å². The van der Waals surface area contributed by atoms with Gasteiger partial charge in [0.25, 0.3) is 5.91 Å². The molecule has 2 aromatic carbocycles. The summed E-state index contributed by atoms with van der Waals surface area (Å²) in [6, 6.07) is 13.3. The molecule has 1 N–H and O–H groups in total. The second-order valence-electron chi connectivity index (χ2n) is 5.29. The van der Waals surface area contributed by atoms with Gasteiger partial charge >= 0.3 is 5.97 Å². The number of anilines is 1. The van der Waals surface area contributed by atoms with E-state index in [-0.39, 0.29) is 5.91 Å². The van der Waals surface area contributed by atoms with Crippen molar-refractivity contribution in [2.75, 3.05) is 19.0 Å². The molecule has 0 aliphatic carbocycles. The molecule has 0 fully saturated rings. The molecule has 1 amide bonds. The Bertz CT molecular complexity index is 733. The second-order valence-corrected chi connectivity index (χ2v) is 5.29. The molecule has 5 nitrogen and oxygen atoms in total. The highest BCUT2D eigenvalue weighted by Gasteiger charge is 2.09. The minimum absolute atomic E-state index is 0.262. The van der Waals surface area contributed by atoms with E-state index in [9.17, 15) is 9.59 Å². The van der Waals surface area contributed by atoms with Crippen LogP contribution in [0.5, 0.6) is 5.75 Å². The largest absolute Gasteiger partial charge is 0.489 e. The average Bonchev–Trinajstić information content (AvgIpc) is 2.60. The molecule has 0 aliphatic heterocycles. The van der Waals surface area contributed by atoms with Gasteiger partial charge in [-0.2, -0.15) is 0 Å². The zero-order valence-electron chi connectivity index (χ0n) is 13.7. The van der Waals surface area contributed by atoms with Crippen molar-refractivity contribution in [3.63, 3.8) is 0 Å². The first-order valence-corrected chi connectivity index (χ1v) is 7.36. The number of methoxy groups -OCH3 is 1. The van der Waals surface area contributed by atoms with Gasteiger partial charge in [-0.3, -0.25) is 4.79 Å². The minimum Gasteiger partial charge on any atom is -0.489 e. The number of hydrogen-bond acceptors (Lipinski definition) is 4. The number of carbonyl (C=O) groups is 2. The van der Waals surface area contributed by atoms with Gasteiger partial charge in [0.1, 0.15) is 12.4 Å². The Morgan fingerprint density at radius 1 is 1.00 bits per heavy atom. The summed E-state index contributed by atoms with van der Waals surface area (Å²) in [7, 11) is 1.31. The molecule has 2 rings (SSSR count). The van der Waals surface area contributed by atoms with E-state index in [0.29, 0.717) is 29.2 Å². The predicted molar refractivity (Wildman–Crippen MR) is 92.5 cm³/mol. The van der Waals surface area contributed by atoms with Gasteiger partial charge in [-0.05, 0) is 61.0 Å². The number of rotatable bonds is 6. The highest BCUT2D eigenvalue weighted by Crippen LogP contribution is 2.17. The first-order valence-electron chi connectivity index (χ1n) is 7.36. The fourth-order valence-corrected chi connectivity index (χ4v) is 1.92. The van der Waals surface area contributed by atoms with Crippen molar-refractivity contribution in [2.24, 2.45) is 0 Å². The molecule has 2 aromatic rings. The number of nitrogens with one attached hydrogen (secondary N) is 1. The number of benzene rings is 2. The summed E-state index contributed by atoms with van der Waals surface area (Å²) in [5.41, 5.74) is 2.43. The Balaban J connectivity index is 1.98. The van der Waals surface area contributed by atoms with Crippen LogP contribution >= 0.6 is 0 Å². The van der Waals surface area contributed by atoms with Gasteiger partial charge < -0.3 is 14.8 Å². The van der Waals surface area contributed by atoms with Gasteiger partial charge in [0, 0.05) is 11.3 Å². The molecule has 0 atom stereocenters. The highest BCUT2D eigenvalue weighted by atomic mass is 16.5. The number of amides is 1. The Hall–Kier alpha value is -3.08. The Morgan fingerprint density at radius 2 is 1.58 bits per heavy atom. The van der Waals surface area contributed by atoms with E-state index in [1.165, 1.54) is 7.11 Å². The maximum absolute atomic E-state index is 12.2. The Labute approximate surface area is 140 Å². The lowest BCUT2D eigenvalue weighted by Gasteiger charge is -2.08. The fraction of sp³-hybridized carbons (Fsp3) is 0.158. The molecule has 124 valence electrons. The van der Waals surface area contributed by atoms with Crippen molar-refractivity contribution in [1.82, 2.24) is 0 Å². The molecule has 0 aromatic heterocycles. The molecule has 0 spiro atoms. The van der Waals surface area contributed by atoms with E-state index in [1.54, 1.807) is 48.5 Å². The van der Waals surface area contributed by atoms with Crippen molar-refractivity contribution >= 4 is 17.6 Å². The molecule has 24 heavy (non-hydrogen) atoms. The van der Waals surface area contributed by atoms with Crippen LogP contribution in [0.15, 0.2) is 60.7 Å². The standard InChI is InChI=1S/C19H19NO4/c1-13(2)12-24-17-10-8-16(9-11-17)20-18(21)14-4-6-15(7-5-14)19(22)23-3/h4-11H,1,12H2,2-3H3,(H,20,21). The van der Waals surface area contributed by atoms with Crippen LogP contribution in [0.3, 0.4) is 0 Å². The van der Waals surface area contributed by atoms with Crippen LogP contribution in [0, 0.1) is 0 Å². The lowest BCUT2D eigenvalue weighted by atomic mass is 10.1. The molecule has 5 heteroatoms. The van der Waals surface area contributed by atoms with Crippen molar-refractivity contribution < 1.29 is 19.1 Å². The summed E-state index contributed by atoms with van der Waals surface area (Å²) >= 11 is 0. The van der Waals surface area contributed by atoms with Crippen molar-refractivity contribution in [2.45, 2.75) is 6.92 Å². The highest BCUT2D eigenvalue weighted by molar-refractivity contribution is 6.04. The molecule has 0 aliphatic rings. The van der Waals surface area contributed by atoms with E-state index in [4.69, 9.17) is 4.74 Å². The molecule has 0 unspecified atom stereocenters. The topological polar surface area (TPSA) is 64.6 Å². The third-order valence-corrected chi connectivity index (χ3v) is 3.17. The zero-order chi connectivity index (χ0) is 17.5. The summed E-state index contributed by atoms with van der Waals surface area (Å²) in [5, 5.41) is 2.78. The lowest BCUT2D eigenvalue weighted by molar-refractivity contribution is 0.0600. The van der Waals surface area contributed by atoms with Gasteiger partial charge in [0.05, 0.1) is 12.7 Å². The first kappa shape index (κ1) is 17.3. The lowest BCUT2D eigenvalue weighted by Crippen LogP contribution is -2.12. The third-order valence-electron chi connectivity index (χ3n) is 3.17. The van der Waals surface area contributed by atoms with E-state index in [0.717, 1.165) is 5.57 Å². The summed E-state index contributed by atoms with van der Waals surface area (Å²) in [4.78, 5) is 23.6. The number of esters is 1. The monoisotopic (exact) mass is 325 g/mol. The molecule has 0 saturated carbocycles. The normalized spacial score (nSPS) is 9.92.